The van der Waals surface area contributed by atoms with E-state index in [1.165, 1.54) is 0 Å². The molecule has 1 heterocycles. The van der Waals surface area contributed by atoms with Crippen molar-refractivity contribution in [2.75, 3.05) is 23.7 Å². The molecule has 1 unspecified atom stereocenters. The van der Waals surface area contributed by atoms with Gasteiger partial charge in [0, 0.05) is 43.9 Å². The largest absolute Gasteiger partial charge is 0.444 e. The van der Waals surface area contributed by atoms with E-state index in [1.807, 2.05) is 30.3 Å². The predicted molar refractivity (Wildman–Crippen MR) is 133 cm³/mol. The summed E-state index contributed by atoms with van der Waals surface area (Å²) in [6.45, 7) is 6.25. The van der Waals surface area contributed by atoms with E-state index < -0.39 is 17.6 Å². The number of ether oxygens (including phenoxy) is 1. The van der Waals surface area contributed by atoms with Crippen LogP contribution in [0.3, 0.4) is 0 Å². The second-order valence-corrected chi connectivity index (χ2v) is 9.46. The van der Waals surface area contributed by atoms with Gasteiger partial charge in [0.1, 0.15) is 5.60 Å². The second-order valence-electron chi connectivity index (χ2n) is 9.46. The zero-order valence-corrected chi connectivity index (χ0v) is 20.3. The van der Waals surface area contributed by atoms with Crippen LogP contribution in [0.5, 0.6) is 0 Å². The van der Waals surface area contributed by atoms with Crippen LogP contribution >= 0.6 is 0 Å². The molecule has 186 valence electrons. The first-order chi connectivity index (χ1) is 16.6. The van der Waals surface area contributed by atoms with Gasteiger partial charge in [-0.25, -0.2) is 4.79 Å². The Bertz CT molecular complexity index is 1060. The normalized spacial score (nSPS) is 15.5. The summed E-state index contributed by atoms with van der Waals surface area (Å²) >= 11 is 0. The number of alkyl carbamates (subject to hydrolysis) is 1. The standard InChI is InChI=1S/C26H32N4O5/c1-26(2,3)35-25(34)27-13-12-22(31)28-20-10-7-11-21(15-20)29-24(33)19-14-23(32)30(17-19)16-18-8-5-4-6-9-18/h4-11,15,19H,12-14,16-17H2,1-3H3,(H,27,34)(H,28,31)(H,29,33). The molecule has 2 aromatic rings. The van der Waals surface area contributed by atoms with Gasteiger partial charge in [-0.3, -0.25) is 14.4 Å². The molecule has 9 heteroatoms. The number of hydrogen-bond donors (Lipinski definition) is 3. The number of nitrogens with one attached hydrogen (secondary N) is 3. The van der Waals surface area contributed by atoms with Gasteiger partial charge in [-0.15, -0.1) is 0 Å². The Morgan fingerprint density at radius 1 is 1.00 bits per heavy atom. The lowest BCUT2D eigenvalue weighted by Crippen LogP contribution is -2.34. The molecule has 0 bridgehead atoms. The van der Waals surface area contributed by atoms with Crippen molar-refractivity contribution in [1.29, 1.82) is 0 Å². The van der Waals surface area contributed by atoms with Crippen LogP contribution in [0.15, 0.2) is 54.6 Å². The van der Waals surface area contributed by atoms with Crippen molar-refractivity contribution < 1.29 is 23.9 Å². The summed E-state index contributed by atoms with van der Waals surface area (Å²) in [5.74, 6) is -1.01. The van der Waals surface area contributed by atoms with Gasteiger partial charge in [0.05, 0.1) is 5.92 Å². The summed E-state index contributed by atoms with van der Waals surface area (Å²) in [6.07, 6.45) is -0.348. The van der Waals surface area contributed by atoms with Crippen LogP contribution < -0.4 is 16.0 Å². The minimum absolute atomic E-state index is 0.0463. The molecule has 1 atom stereocenters. The Kier molecular flexibility index (Phi) is 8.46. The number of likely N-dealkylation sites (tertiary alicyclic amines) is 1. The number of carbonyl (C=O) groups excluding carboxylic acids is 4. The fourth-order valence-corrected chi connectivity index (χ4v) is 3.64. The van der Waals surface area contributed by atoms with E-state index in [1.54, 1.807) is 49.9 Å². The number of benzene rings is 2. The molecule has 0 aliphatic carbocycles. The maximum absolute atomic E-state index is 12.8. The molecule has 0 saturated carbocycles. The molecule has 0 aromatic heterocycles. The van der Waals surface area contributed by atoms with Crippen molar-refractivity contribution in [1.82, 2.24) is 10.2 Å². The van der Waals surface area contributed by atoms with Crippen LogP contribution in [0.2, 0.25) is 0 Å². The number of hydrogen-bond acceptors (Lipinski definition) is 5. The summed E-state index contributed by atoms with van der Waals surface area (Å²) in [5.41, 5.74) is 1.45. The van der Waals surface area contributed by atoms with Gasteiger partial charge >= 0.3 is 6.09 Å². The van der Waals surface area contributed by atoms with E-state index in [9.17, 15) is 19.2 Å². The van der Waals surface area contributed by atoms with Gasteiger partial charge in [0.25, 0.3) is 0 Å². The monoisotopic (exact) mass is 480 g/mol. The van der Waals surface area contributed by atoms with E-state index >= 15 is 0 Å². The molecular weight excluding hydrogens is 448 g/mol. The molecule has 1 aliphatic rings. The molecule has 4 amide bonds. The average molecular weight is 481 g/mol. The van der Waals surface area contributed by atoms with E-state index in [4.69, 9.17) is 4.74 Å². The van der Waals surface area contributed by atoms with Crippen LogP contribution in [0.4, 0.5) is 16.2 Å². The Morgan fingerprint density at radius 3 is 2.37 bits per heavy atom. The number of nitrogens with zero attached hydrogens (tertiary/aromatic N) is 1. The molecule has 9 nitrogen and oxygen atoms in total. The van der Waals surface area contributed by atoms with Crippen molar-refractivity contribution in [2.24, 2.45) is 5.92 Å². The van der Waals surface area contributed by atoms with Crippen LogP contribution in [-0.4, -0.2) is 47.4 Å². The van der Waals surface area contributed by atoms with Gasteiger partial charge in [0.2, 0.25) is 17.7 Å². The number of rotatable bonds is 8. The Hall–Kier alpha value is -3.88. The lowest BCUT2D eigenvalue weighted by molar-refractivity contribution is -0.128. The molecule has 3 rings (SSSR count). The molecule has 1 fully saturated rings. The topological polar surface area (TPSA) is 117 Å². The highest BCUT2D eigenvalue weighted by atomic mass is 16.6. The number of anilines is 2. The van der Waals surface area contributed by atoms with E-state index in [2.05, 4.69) is 16.0 Å². The van der Waals surface area contributed by atoms with Gasteiger partial charge in [-0.05, 0) is 44.5 Å². The SMILES string of the molecule is CC(C)(C)OC(=O)NCCC(=O)Nc1cccc(NC(=O)C2CC(=O)N(Cc3ccccc3)C2)c1. The third-order valence-electron chi connectivity index (χ3n) is 5.24. The van der Waals surface area contributed by atoms with Crippen molar-refractivity contribution in [3.05, 3.63) is 60.2 Å². The summed E-state index contributed by atoms with van der Waals surface area (Å²) < 4.78 is 5.13. The number of carbonyl (C=O) groups is 4. The Balaban J connectivity index is 1.46. The molecule has 2 aromatic carbocycles. The zero-order valence-electron chi connectivity index (χ0n) is 20.3. The van der Waals surface area contributed by atoms with Crippen molar-refractivity contribution >= 4 is 35.2 Å². The minimum Gasteiger partial charge on any atom is -0.444 e. The smallest absolute Gasteiger partial charge is 0.407 e. The van der Waals surface area contributed by atoms with Gasteiger partial charge in [-0.1, -0.05) is 36.4 Å². The molecule has 1 saturated heterocycles. The Labute approximate surface area is 205 Å². The van der Waals surface area contributed by atoms with Crippen LogP contribution in [0.1, 0.15) is 39.2 Å². The van der Waals surface area contributed by atoms with E-state index in [0.717, 1.165) is 5.56 Å². The van der Waals surface area contributed by atoms with Gasteiger partial charge in [-0.2, -0.15) is 0 Å². The summed E-state index contributed by atoms with van der Waals surface area (Å²) in [4.78, 5) is 50.7. The predicted octanol–water partition coefficient (Wildman–Crippen LogP) is 3.53. The molecular formula is C26H32N4O5. The third kappa shape index (κ3) is 8.44. The third-order valence-corrected chi connectivity index (χ3v) is 5.24. The van der Waals surface area contributed by atoms with E-state index in [0.29, 0.717) is 24.5 Å². The second kappa shape index (κ2) is 11.5. The van der Waals surface area contributed by atoms with E-state index in [-0.39, 0.29) is 37.1 Å². The molecule has 35 heavy (non-hydrogen) atoms. The molecule has 0 radical (unpaired) electrons. The lowest BCUT2D eigenvalue weighted by atomic mass is 10.1. The summed E-state index contributed by atoms with van der Waals surface area (Å²) in [5, 5.41) is 8.12. The van der Waals surface area contributed by atoms with Crippen molar-refractivity contribution in [2.45, 2.75) is 45.8 Å². The first-order valence-electron chi connectivity index (χ1n) is 11.6. The molecule has 1 aliphatic heterocycles. The van der Waals surface area contributed by atoms with Crippen LogP contribution in [-0.2, 0) is 25.7 Å². The maximum Gasteiger partial charge on any atom is 0.407 e. The first-order valence-corrected chi connectivity index (χ1v) is 11.6. The summed E-state index contributed by atoms with van der Waals surface area (Å²) in [7, 11) is 0. The van der Waals surface area contributed by atoms with Crippen molar-refractivity contribution in [3.63, 3.8) is 0 Å². The molecule has 0 spiro atoms. The fourth-order valence-electron chi connectivity index (χ4n) is 3.64. The van der Waals surface area contributed by atoms with Crippen LogP contribution in [0.25, 0.3) is 0 Å². The first kappa shape index (κ1) is 25.7. The maximum atomic E-state index is 12.8. The van der Waals surface area contributed by atoms with Gasteiger partial charge in [0.15, 0.2) is 0 Å². The van der Waals surface area contributed by atoms with Crippen molar-refractivity contribution in [3.8, 4) is 0 Å². The lowest BCUT2D eigenvalue weighted by Gasteiger charge is -2.19. The minimum atomic E-state index is -0.608. The average Bonchev–Trinajstić information content (AvgIpc) is 3.14. The Morgan fingerprint density at radius 2 is 1.69 bits per heavy atom. The zero-order chi connectivity index (χ0) is 25.4. The quantitative estimate of drug-likeness (QED) is 0.534. The molecule has 3 N–H and O–H groups in total. The highest BCUT2D eigenvalue weighted by molar-refractivity contribution is 5.98. The highest BCUT2D eigenvalue weighted by Gasteiger charge is 2.34. The van der Waals surface area contributed by atoms with Gasteiger partial charge < -0.3 is 25.6 Å². The fraction of sp³-hybridized carbons (Fsp3) is 0.385. The number of amides is 4. The highest BCUT2D eigenvalue weighted by Crippen LogP contribution is 2.23. The summed E-state index contributed by atoms with van der Waals surface area (Å²) in [6, 6.07) is 16.4. The van der Waals surface area contributed by atoms with Crippen LogP contribution in [0, 0.1) is 5.92 Å².